The minimum absolute atomic E-state index is 0.713. The Hall–Kier alpha value is -1.35. The maximum atomic E-state index is 10.9. The largest absolute Gasteiger partial charge is 0.385 e. The Kier molecular flexibility index (Phi) is 4.77. The first kappa shape index (κ1) is 16.5. The summed E-state index contributed by atoms with van der Waals surface area (Å²) in [4.78, 5) is 2.44. The summed E-state index contributed by atoms with van der Waals surface area (Å²) >= 11 is 5.95. The summed E-state index contributed by atoms with van der Waals surface area (Å²) in [5.41, 5.74) is 4.30. The van der Waals surface area contributed by atoms with Crippen LogP contribution in [0.5, 0.6) is 0 Å². The molecule has 1 aliphatic heterocycles. The number of nitrogens with zero attached hydrogens (tertiary/aromatic N) is 1. The summed E-state index contributed by atoms with van der Waals surface area (Å²) < 4.78 is 0. The summed E-state index contributed by atoms with van der Waals surface area (Å²) in [5.74, 6) is 0. The van der Waals surface area contributed by atoms with Crippen molar-refractivity contribution in [3.63, 3.8) is 0 Å². The molecule has 1 N–H and O–H groups in total. The molecule has 0 aromatic heterocycles. The van der Waals surface area contributed by atoms with Crippen molar-refractivity contribution < 1.29 is 5.11 Å². The van der Waals surface area contributed by atoms with Gasteiger partial charge in [0.25, 0.3) is 0 Å². The van der Waals surface area contributed by atoms with Gasteiger partial charge < -0.3 is 5.11 Å². The summed E-state index contributed by atoms with van der Waals surface area (Å²) in [6.07, 6.45) is 1.53. The van der Waals surface area contributed by atoms with Crippen LogP contribution >= 0.6 is 11.6 Å². The van der Waals surface area contributed by atoms with Crippen LogP contribution in [0.2, 0.25) is 5.02 Å². The molecule has 1 heterocycles. The van der Waals surface area contributed by atoms with Crippen LogP contribution in [0.1, 0.15) is 35.1 Å². The zero-order valence-electron chi connectivity index (χ0n) is 13.8. The second-order valence-electron chi connectivity index (χ2n) is 6.74. The molecule has 2 aromatic carbocycles. The van der Waals surface area contributed by atoms with E-state index in [1.807, 2.05) is 24.3 Å². The van der Waals surface area contributed by atoms with Crippen molar-refractivity contribution in [2.45, 2.75) is 38.8 Å². The third kappa shape index (κ3) is 3.77. The first-order valence-corrected chi connectivity index (χ1v) is 8.61. The first-order valence-electron chi connectivity index (χ1n) is 8.23. The van der Waals surface area contributed by atoms with E-state index in [1.54, 1.807) is 0 Å². The average molecular weight is 330 g/mol. The van der Waals surface area contributed by atoms with Gasteiger partial charge in [-0.25, -0.2) is 0 Å². The SMILES string of the molecule is Cc1ccc(C)c(CN2CCC(O)(c3ccc(Cl)cc3)CC2)c1. The van der Waals surface area contributed by atoms with Crippen molar-refractivity contribution in [1.29, 1.82) is 0 Å². The van der Waals surface area contributed by atoms with Crippen LogP contribution in [-0.2, 0) is 12.1 Å². The second kappa shape index (κ2) is 6.64. The fourth-order valence-electron chi connectivity index (χ4n) is 3.34. The standard InChI is InChI=1S/C20H24ClNO/c1-15-3-4-16(2)17(13-15)14-22-11-9-20(23,10-12-22)18-5-7-19(21)8-6-18/h3-8,13,23H,9-12,14H2,1-2H3. The van der Waals surface area contributed by atoms with E-state index in [1.165, 1.54) is 16.7 Å². The van der Waals surface area contributed by atoms with Gasteiger partial charge in [0, 0.05) is 24.7 Å². The summed E-state index contributed by atoms with van der Waals surface area (Å²) in [6, 6.07) is 14.2. The number of hydrogen-bond acceptors (Lipinski definition) is 2. The predicted octanol–water partition coefficient (Wildman–Crippen LogP) is 4.44. The average Bonchev–Trinajstić information content (AvgIpc) is 2.54. The minimum Gasteiger partial charge on any atom is -0.385 e. The van der Waals surface area contributed by atoms with E-state index in [9.17, 15) is 5.11 Å². The van der Waals surface area contributed by atoms with Crippen LogP contribution in [0.3, 0.4) is 0 Å². The second-order valence-corrected chi connectivity index (χ2v) is 7.18. The van der Waals surface area contributed by atoms with Gasteiger partial charge in [0.05, 0.1) is 5.60 Å². The Balaban J connectivity index is 1.66. The highest BCUT2D eigenvalue weighted by Crippen LogP contribution is 2.34. The van der Waals surface area contributed by atoms with E-state index in [-0.39, 0.29) is 0 Å². The molecule has 0 bridgehead atoms. The van der Waals surface area contributed by atoms with E-state index in [0.717, 1.165) is 38.0 Å². The number of hydrogen-bond donors (Lipinski definition) is 1. The van der Waals surface area contributed by atoms with Gasteiger partial charge in [0.2, 0.25) is 0 Å². The molecule has 0 aliphatic carbocycles. The molecule has 0 saturated carbocycles. The van der Waals surface area contributed by atoms with Crippen LogP contribution in [0, 0.1) is 13.8 Å². The van der Waals surface area contributed by atoms with E-state index in [0.29, 0.717) is 5.02 Å². The molecule has 2 aromatic rings. The van der Waals surface area contributed by atoms with Crippen LogP contribution < -0.4 is 0 Å². The lowest BCUT2D eigenvalue weighted by atomic mass is 9.84. The molecular formula is C20H24ClNO. The zero-order chi connectivity index (χ0) is 16.4. The van der Waals surface area contributed by atoms with E-state index < -0.39 is 5.60 Å². The lowest BCUT2D eigenvalue weighted by molar-refractivity contribution is -0.0277. The van der Waals surface area contributed by atoms with Gasteiger partial charge in [0.1, 0.15) is 0 Å². The number of halogens is 1. The van der Waals surface area contributed by atoms with Crippen LogP contribution in [0.25, 0.3) is 0 Å². The van der Waals surface area contributed by atoms with Crippen LogP contribution in [0.4, 0.5) is 0 Å². The Morgan fingerprint density at radius 2 is 1.70 bits per heavy atom. The zero-order valence-corrected chi connectivity index (χ0v) is 14.6. The predicted molar refractivity (Wildman–Crippen MR) is 95.8 cm³/mol. The van der Waals surface area contributed by atoms with Crippen molar-refractivity contribution in [3.8, 4) is 0 Å². The molecule has 1 saturated heterocycles. The maximum absolute atomic E-state index is 10.9. The highest BCUT2D eigenvalue weighted by Gasteiger charge is 2.33. The van der Waals surface area contributed by atoms with Gasteiger partial charge in [-0.15, -0.1) is 0 Å². The van der Waals surface area contributed by atoms with Crippen LogP contribution in [-0.4, -0.2) is 23.1 Å². The molecular weight excluding hydrogens is 306 g/mol. The molecule has 0 amide bonds. The molecule has 122 valence electrons. The van der Waals surface area contributed by atoms with Crippen molar-refractivity contribution >= 4 is 11.6 Å². The Morgan fingerprint density at radius 3 is 2.35 bits per heavy atom. The number of aliphatic hydroxyl groups is 1. The smallest absolute Gasteiger partial charge is 0.0920 e. The number of piperidine rings is 1. The normalized spacial score (nSPS) is 18.1. The quantitative estimate of drug-likeness (QED) is 0.899. The van der Waals surface area contributed by atoms with Crippen molar-refractivity contribution in [3.05, 3.63) is 69.7 Å². The minimum atomic E-state index is -0.720. The Morgan fingerprint density at radius 1 is 1.04 bits per heavy atom. The highest BCUT2D eigenvalue weighted by atomic mass is 35.5. The van der Waals surface area contributed by atoms with Gasteiger partial charge in [0.15, 0.2) is 0 Å². The lowest BCUT2D eigenvalue weighted by Gasteiger charge is -2.38. The van der Waals surface area contributed by atoms with Crippen LogP contribution in [0.15, 0.2) is 42.5 Å². The molecule has 23 heavy (non-hydrogen) atoms. The third-order valence-electron chi connectivity index (χ3n) is 4.96. The third-order valence-corrected chi connectivity index (χ3v) is 5.22. The Labute approximate surface area is 143 Å². The Bertz CT molecular complexity index is 673. The molecule has 1 fully saturated rings. The summed E-state index contributed by atoms with van der Waals surface area (Å²) in [7, 11) is 0. The molecule has 3 rings (SSSR count). The number of benzene rings is 2. The van der Waals surface area contributed by atoms with Crippen molar-refractivity contribution in [2.75, 3.05) is 13.1 Å². The van der Waals surface area contributed by atoms with Gasteiger partial charge in [-0.2, -0.15) is 0 Å². The summed E-state index contributed by atoms with van der Waals surface area (Å²) in [5, 5.41) is 11.7. The number of aryl methyl sites for hydroxylation is 2. The van der Waals surface area contributed by atoms with E-state index in [4.69, 9.17) is 11.6 Å². The fourth-order valence-corrected chi connectivity index (χ4v) is 3.47. The highest BCUT2D eigenvalue weighted by molar-refractivity contribution is 6.30. The van der Waals surface area contributed by atoms with E-state index in [2.05, 4.69) is 36.9 Å². The maximum Gasteiger partial charge on any atom is 0.0920 e. The molecule has 0 atom stereocenters. The van der Waals surface area contributed by atoms with Gasteiger partial charge >= 0.3 is 0 Å². The van der Waals surface area contributed by atoms with Crippen molar-refractivity contribution in [2.24, 2.45) is 0 Å². The molecule has 2 nitrogen and oxygen atoms in total. The lowest BCUT2D eigenvalue weighted by Crippen LogP contribution is -2.42. The molecule has 1 aliphatic rings. The molecule has 0 unspecified atom stereocenters. The van der Waals surface area contributed by atoms with Crippen molar-refractivity contribution in [1.82, 2.24) is 4.90 Å². The fraction of sp³-hybridized carbons (Fsp3) is 0.400. The van der Waals surface area contributed by atoms with Gasteiger partial charge in [-0.05, 0) is 55.5 Å². The van der Waals surface area contributed by atoms with Gasteiger partial charge in [-0.1, -0.05) is 47.5 Å². The first-order chi connectivity index (χ1) is 11.0. The van der Waals surface area contributed by atoms with Gasteiger partial charge in [-0.3, -0.25) is 4.90 Å². The summed E-state index contributed by atoms with van der Waals surface area (Å²) in [6.45, 7) is 7.09. The van der Waals surface area contributed by atoms with E-state index >= 15 is 0 Å². The number of likely N-dealkylation sites (tertiary alicyclic amines) is 1. The molecule has 0 radical (unpaired) electrons. The monoisotopic (exact) mass is 329 g/mol. The number of rotatable bonds is 3. The topological polar surface area (TPSA) is 23.5 Å². The molecule has 0 spiro atoms. The molecule has 3 heteroatoms.